The fourth-order valence-corrected chi connectivity index (χ4v) is 1.94. The van der Waals surface area contributed by atoms with Crippen molar-refractivity contribution in [3.63, 3.8) is 0 Å². The standard InChI is InChI=1S/C6H12N2O2S/c1-2-6-3-4-8(5-6)11(7,9)10/h2,6H,1,3-5H2,(H2,7,9,10)/t6-/m1/s1. The Morgan fingerprint density at radius 1 is 1.64 bits per heavy atom. The lowest BCUT2D eigenvalue weighted by molar-refractivity contribution is 0.471. The molecule has 1 atom stereocenters. The zero-order valence-corrected chi connectivity index (χ0v) is 7.05. The van der Waals surface area contributed by atoms with E-state index in [1.165, 1.54) is 4.31 Å². The molecule has 0 unspecified atom stereocenters. The highest BCUT2D eigenvalue weighted by molar-refractivity contribution is 7.86. The van der Waals surface area contributed by atoms with Gasteiger partial charge in [0.1, 0.15) is 0 Å². The van der Waals surface area contributed by atoms with E-state index in [9.17, 15) is 8.42 Å². The lowest BCUT2D eigenvalue weighted by Gasteiger charge is -2.10. The molecule has 1 rings (SSSR count). The molecule has 64 valence electrons. The van der Waals surface area contributed by atoms with Gasteiger partial charge in [-0.15, -0.1) is 6.58 Å². The second-order valence-corrected chi connectivity index (χ2v) is 4.23. The number of hydrogen-bond donors (Lipinski definition) is 1. The third-order valence-corrected chi connectivity index (χ3v) is 2.93. The summed E-state index contributed by atoms with van der Waals surface area (Å²) < 4.78 is 22.8. The minimum absolute atomic E-state index is 0.272. The lowest BCUT2D eigenvalue weighted by Crippen LogP contribution is -2.34. The quantitative estimate of drug-likeness (QED) is 0.587. The van der Waals surface area contributed by atoms with Gasteiger partial charge in [-0.25, -0.2) is 5.14 Å². The molecular weight excluding hydrogens is 164 g/mol. The van der Waals surface area contributed by atoms with Crippen molar-refractivity contribution in [2.45, 2.75) is 6.42 Å². The van der Waals surface area contributed by atoms with Crippen LogP contribution in [0.1, 0.15) is 6.42 Å². The monoisotopic (exact) mass is 176 g/mol. The third kappa shape index (κ3) is 2.02. The molecule has 5 heteroatoms. The Bertz CT molecular complexity index is 247. The Balaban J connectivity index is 2.62. The molecule has 11 heavy (non-hydrogen) atoms. The van der Waals surface area contributed by atoms with Crippen LogP contribution in [-0.2, 0) is 10.2 Å². The van der Waals surface area contributed by atoms with Gasteiger partial charge < -0.3 is 0 Å². The molecule has 0 saturated carbocycles. The van der Waals surface area contributed by atoms with Crippen LogP contribution in [0.3, 0.4) is 0 Å². The Morgan fingerprint density at radius 3 is 2.55 bits per heavy atom. The first-order valence-electron chi connectivity index (χ1n) is 3.44. The minimum Gasteiger partial charge on any atom is -0.216 e. The van der Waals surface area contributed by atoms with Crippen molar-refractivity contribution in [2.75, 3.05) is 13.1 Å². The molecule has 1 saturated heterocycles. The van der Waals surface area contributed by atoms with Crippen molar-refractivity contribution >= 4 is 10.2 Å². The van der Waals surface area contributed by atoms with Crippen LogP contribution in [0.2, 0.25) is 0 Å². The van der Waals surface area contributed by atoms with E-state index in [2.05, 4.69) is 6.58 Å². The predicted molar refractivity (Wildman–Crippen MR) is 43.0 cm³/mol. The summed E-state index contributed by atoms with van der Waals surface area (Å²) in [6.07, 6.45) is 2.60. The lowest BCUT2D eigenvalue weighted by atomic mass is 10.1. The van der Waals surface area contributed by atoms with Gasteiger partial charge in [0, 0.05) is 13.1 Å². The number of nitrogens with zero attached hydrogens (tertiary/aromatic N) is 1. The van der Waals surface area contributed by atoms with Crippen LogP contribution in [0.15, 0.2) is 12.7 Å². The molecule has 0 aliphatic carbocycles. The van der Waals surface area contributed by atoms with E-state index in [0.717, 1.165) is 6.42 Å². The number of nitrogens with two attached hydrogens (primary N) is 1. The first-order valence-corrected chi connectivity index (χ1v) is 4.95. The van der Waals surface area contributed by atoms with Crippen LogP contribution in [-0.4, -0.2) is 25.8 Å². The Morgan fingerprint density at radius 2 is 2.27 bits per heavy atom. The van der Waals surface area contributed by atoms with Crippen LogP contribution in [0.4, 0.5) is 0 Å². The van der Waals surface area contributed by atoms with Crippen LogP contribution < -0.4 is 5.14 Å². The number of hydrogen-bond acceptors (Lipinski definition) is 2. The number of rotatable bonds is 2. The second kappa shape index (κ2) is 2.92. The van der Waals surface area contributed by atoms with Gasteiger partial charge in [-0.2, -0.15) is 12.7 Å². The first kappa shape index (κ1) is 8.70. The first-order chi connectivity index (χ1) is 5.04. The molecule has 0 spiro atoms. The molecule has 0 amide bonds. The van der Waals surface area contributed by atoms with E-state index in [1.807, 2.05) is 0 Å². The molecule has 4 nitrogen and oxygen atoms in total. The molecule has 0 aromatic carbocycles. The zero-order valence-electron chi connectivity index (χ0n) is 6.23. The minimum atomic E-state index is -3.46. The predicted octanol–water partition coefficient (Wildman–Crippen LogP) is -0.302. The van der Waals surface area contributed by atoms with Gasteiger partial charge in [0.25, 0.3) is 10.2 Å². The van der Waals surface area contributed by atoms with Crippen molar-refractivity contribution in [1.29, 1.82) is 0 Å². The summed E-state index contributed by atoms with van der Waals surface area (Å²) in [6.45, 7) is 4.61. The molecule has 0 aromatic heterocycles. The van der Waals surface area contributed by atoms with Gasteiger partial charge in [-0.3, -0.25) is 0 Å². The Labute approximate surface area is 66.9 Å². The smallest absolute Gasteiger partial charge is 0.216 e. The summed E-state index contributed by atoms with van der Waals surface area (Å²) in [6, 6.07) is 0. The molecule has 1 aliphatic rings. The maximum Gasteiger partial charge on any atom is 0.276 e. The summed E-state index contributed by atoms with van der Waals surface area (Å²) in [5.41, 5.74) is 0. The van der Waals surface area contributed by atoms with E-state index in [1.54, 1.807) is 6.08 Å². The molecule has 1 heterocycles. The SMILES string of the molecule is C=C[C@@H]1CCN(S(N)(=O)=O)C1. The van der Waals surface area contributed by atoms with Crippen molar-refractivity contribution in [1.82, 2.24) is 4.31 Å². The van der Waals surface area contributed by atoms with Crippen molar-refractivity contribution in [2.24, 2.45) is 11.1 Å². The summed E-state index contributed by atoms with van der Waals surface area (Å²) in [4.78, 5) is 0. The fraction of sp³-hybridized carbons (Fsp3) is 0.667. The van der Waals surface area contributed by atoms with Crippen molar-refractivity contribution in [3.8, 4) is 0 Å². The largest absolute Gasteiger partial charge is 0.276 e. The van der Waals surface area contributed by atoms with E-state index < -0.39 is 10.2 Å². The average Bonchev–Trinajstić information content (AvgIpc) is 2.32. The highest BCUT2D eigenvalue weighted by atomic mass is 32.2. The molecule has 2 N–H and O–H groups in total. The molecular formula is C6H12N2O2S. The fourth-order valence-electron chi connectivity index (χ4n) is 1.18. The third-order valence-electron chi connectivity index (χ3n) is 1.88. The molecule has 0 radical (unpaired) electrons. The van der Waals surface area contributed by atoms with Gasteiger partial charge in [-0.1, -0.05) is 6.08 Å². The molecule has 0 bridgehead atoms. The van der Waals surface area contributed by atoms with E-state index in [4.69, 9.17) is 5.14 Å². The Hall–Kier alpha value is -0.390. The highest BCUT2D eigenvalue weighted by Crippen LogP contribution is 2.17. The molecule has 1 aliphatic heterocycles. The summed E-state index contributed by atoms with van der Waals surface area (Å²) in [7, 11) is -3.46. The van der Waals surface area contributed by atoms with Crippen LogP contribution in [0.25, 0.3) is 0 Å². The highest BCUT2D eigenvalue weighted by Gasteiger charge is 2.26. The zero-order chi connectivity index (χ0) is 8.48. The van der Waals surface area contributed by atoms with E-state index in [-0.39, 0.29) is 5.92 Å². The van der Waals surface area contributed by atoms with Crippen molar-refractivity contribution in [3.05, 3.63) is 12.7 Å². The van der Waals surface area contributed by atoms with Gasteiger partial charge in [0.15, 0.2) is 0 Å². The van der Waals surface area contributed by atoms with E-state index in [0.29, 0.717) is 13.1 Å². The summed E-state index contributed by atoms with van der Waals surface area (Å²) in [5, 5.41) is 4.92. The van der Waals surface area contributed by atoms with Crippen LogP contribution in [0, 0.1) is 5.92 Å². The Kier molecular flexibility index (Phi) is 2.31. The second-order valence-electron chi connectivity index (χ2n) is 2.69. The van der Waals surface area contributed by atoms with Gasteiger partial charge in [0.05, 0.1) is 0 Å². The topological polar surface area (TPSA) is 63.4 Å². The molecule has 0 aromatic rings. The van der Waals surface area contributed by atoms with Crippen LogP contribution >= 0.6 is 0 Å². The summed E-state index contributed by atoms with van der Waals surface area (Å²) in [5.74, 6) is 0.272. The molecule has 1 fully saturated rings. The van der Waals surface area contributed by atoms with E-state index >= 15 is 0 Å². The maximum atomic E-state index is 10.8. The van der Waals surface area contributed by atoms with Crippen LogP contribution in [0.5, 0.6) is 0 Å². The average molecular weight is 176 g/mol. The normalized spacial score (nSPS) is 27.2. The van der Waals surface area contributed by atoms with Gasteiger partial charge in [-0.05, 0) is 12.3 Å². The van der Waals surface area contributed by atoms with Gasteiger partial charge >= 0.3 is 0 Å². The summed E-state index contributed by atoms with van der Waals surface area (Å²) >= 11 is 0. The maximum absolute atomic E-state index is 10.8. The van der Waals surface area contributed by atoms with Crippen molar-refractivity contribution < 1.29 is 8.42 Å². The van der Waals surface area contributed by atoms with Gasteiger partial charge in [0.2, 0.25) is 0 Å².